The molecule has 1 unspecified atom stereocenters. The maximum absolute atomic E-state index is 13.1. The molecule has 1 aliphatic rings. The second-order valence-corrected chi connectivity index (χ2v) is 10.1. The van der Waals surface area contributed by atoms with E-state index in [2.05, 4.69) is 25.6 Å². The van der Waals surface area contributed by atoms with Crippen molar-refractivity contribution in [2.24, 2.45) is 0 Å². The van der Waals surface area contributed by atoms with Crippen LogP contribution in [0.2, 0.25) is 5.02 Å². The molecule has 2 N–H and O–H groups in total. The van der Waals surface area contributed by atoms with Crippen molar-refractivity contribution in [3.63, 3.8) is 0 Å². The highest BCUT2D eigenvalue weighted by Crippen LogP contribution is 2.26. The van der Waals surface area contributed by atoms with Crippen LogP contribution in [0.15, 0.2) is 71.8 Å². The number of likely N-dealkylation sites (N-methyl/N-ethyl adjacent to an activating group) is 1. The molecule has 4 aromatic rings. The number of halogens is 1. The molecule has 1 atom stereocenters. The van der Waals surface area contributed by atoms with E-state index >= 15 is 0 Å². The average Bonchev–Trinajstić information content (AvgIpc) is 3.47. The number of pyridine rings is 1. The van der Waals surface area contributed by atoms with E-state index in [1.165, 1.54) is 4.68 Å². The van der Waals surface area contributed by atoms with Gasteiger partial charge in [0.25, 0.3) is 11.5 Å². The first kappa shape index (κ1) is 27.4. The van der Waals surface area contributed by atoms with Crippen molar-refractivity contribution in [2.75, 3.05) is 37.5 Å². The summed E-state index contributed by atoms with van der Waals surface area (Å²) < 4.78 is 6.47. The quantitative estimate of drug-likeness (QED) is 0.331. The molecule has 1 fully saturated rings. The van der Waals surface area contributed by atoms with Crippen LogP contribution in [0.5, 0.6) is 5.88 Å². The molecule has 0 radical (unpaired) electrons. The summed E-state index contributed by atoms with van der Waals surface area (Å²) >= 11 is 6.51. The Morgan fingerprint density at radius 1 is 1.10 bits per heavy atom. The van der Waals surface area contributed by atoms with Gasteiger partial charge in [-0.15, -0.1) is 0 Å². The number of nitrogens with one attached hydrogen (secondary N) is 2. The normalized spacial score (nSPS) is 14.8. The van der Waals surface area contributed by atoms with Gasteiger partial charge in [0.2, 0.25) is 5.88 Å². The van der Waals surface area contributed by atoms with Crippen LogP contribution in [0.1, 0.15) is 27.9 Å². The molecule has 5 rings (SSSR count). The van der Waals surface area contributed by atoms with Gasteiger partial charge in [-0.05, 0) is 61.3 Å². The number of carbonyl (C=O) groups is 1. The minimum atomic E-state index is -0.340. The molecule has 1 amide bonds. The van der Waals surface area contributed by atoms with Gasteiger partial charge in [0.1, 0.15) is 5.02 Å². The van der Waals surface area contributed by atoms with Gasteiger partial charge in [-0.2, -0.15) is 5.10 Å². The molecule has 9 nitrogen and oxygen atoms in total. The van der Waals surface area contributed by atoms with E-state index in [0.29, 0.717) is 28.9 Å². The fourth-order valence-corrected chi connectivity index (χ4v) is 5.10. The molecule has 0 aliphatic carbocycles. The third kappa shape index (κ3) is 5.71. The number of anilines is 2. The van der Waals surface area contributed by atoms with Crippen LogP contribution >= 0.6 is 11.6 Å². The number of methoxy groups -OCH3 is 1. The maximum atomic E-state index is 13.1. The zero-order chi connectivity index (χ0) is 28.2. The van der Waals surface area contributed by atoms with Crippen LogP contribution in [0.3, 0.4) is 0 Å². The molecule has 1 saturated heterocycles. The minimum absolute atomic E-state index is 0.169. The fourth-order valence-electron chi connectivity index (χ4n) is 4.84. The van der Waals surface area contributed by atoms with Gasteiger partial charge in [-0.3, -0.25) is 9.59 Å². The van der Waals surface area contributed by atoms with E-state index in [1.54, 1.807) is 37.7 Å². The Balaban J connectivity index is 1.29. The predicted molar refractivity (Wildman–Crippen MR) is 158 cm³/mol. The van der Waals surface area contributed by atoms with Crippen molar-refractivity contribution >= 4 is 28.9 Å². The van der Waals surface area contributed by atoms with Gasteiger partial charge in [-0.25, -0.2) is 9.67 Å². The number of benzene rings is 2. The van der Waals surface area contributed by atoms with Gasteiger partial charge in [-0.1, -0.05) is 35.9 Å². The van der Waals surface area contributed by atoms with E-state index in [-0.39, 0.29) is 23.0 Å². The molecule has 3 heterocycles. The number of rotatable bonds is 8. The highest BCUT2D eigenvalue weighted by Gasteiger charge is 2.24. The van der Waals surface area contributed by atoms with Gasteiger partial charge < -0.3 is 20.3 Å². The van der Waals surface area contributed by atoms with E-state index < -0.39 is 0 Å². The lowest BCUT2D eigenvalue weighted by molar-refractivity contribution is 0.102. The molecule has 1 aliphatic heterocycles. The van der Waals surface area contributed by atoms with Gasteiger partial charge in [0.05, 0.1) is 25.5 Å². The summed E-state index contributed by atoms with van der Waals surface area (Å²) in [6.07, 6.45) is 4.38. The smallest absolute Gasteiger partial charge is 0.287 e. The zero-order valence-corrected chi connectivity index (χ0v) is 23.4. The van der Waals surface area contributed by atoms with E-state index in [0.717, 1.165) is 41.8 Å². The Labute approximate surface area is 237 Å². The highest BCUT2D eigenvalue weighted by atomic mass is 35.5. The Morgan fingerprint density at radius 2 is 1.88 bits per heavy atom. The van der Waals surface area contributed by atoms with E-state index in [1.807, 2.05) is 50.4 Å². The number of ether oxygens (including phenoxy) is 1. The summed E-state index contributed by atoms with van der Waals surface area (Å²) in [6.45, 7) is 3.74. The van der Waals surface area contributed by atoms with Crippen molar-refractivity contribution in [1.82, 2.24) is 20.1 Å². The van der Waals surface area contributed by atoms with Crippen molar-refractivity contribution < 1.29 is 9.53 Å². The largest absolute Gasteiger partial charge is 0.481 e. The number of hydrogen-bond donors (Lipinski definition) is 2. The summed E-state index contributed by atoms with van der Waals surface area (Å²) in [5, 5.41) is 10.8. The third-order valence-electron chi connectivity index (χ3n) is 7.34. The molecule has 0 saturated carbocycles. The summed E-state index contributed by atoms with van der Waals surface area (Å²) in [5.41, 5.74) is 5.09. The Bertz CT molecular complexity index is 1570. The summed E-state index contributed by atoms with van der Waals surface area (Å²) in [7, 11) is 3.51. The second kappa shape index (κ2) is 11.9. The van der Waals surface area contributed by atoms with Crippen LogP contribution < -0.4 is 25.8 Å². The molecule has 40 heavy (non-hydrogen) atoms. The first-order chi connectivity index (χ1) is 19.4. The van der Waals surface area contributed by atoms with Crippen LogP contribution in [0, 0.1) is 6.92 Å². The topological polar surface area (TPSA) is 101 Å². The van der Waals surface area contributed by atoms with Crippen molar-refractivity contribution in [3.05, 3.63) is 99.1 Å². The van der Waals surface area contributed by atoms with Crippen molar-refractivity contribution in [1.29, 1.82) is 0 Å². The number of aromatic nitrogens is 3. The number of amides is 1. The lowest BCUT2D eigenvalue weighted by Gasteiger charge is -2.20. The van der Waals surface area contributed by atoms with Gasteiger partial charge in [0, 0.05) is 48.2 Å². The van der Waals surface area contributed by atoms with E-state index in [9.17, 15) is 9.59 Å². The zero-order valence-electron chi connectivity index (χ0n) is 22.6. The SMILES string of the molecule is CNC1CCN(c2cnn(Cc3cccc(NC(=O)c4ccc(-c5ccc(OC)nc5)cc4)c3C)c(=O)c2Cl)C1. The molecule has 10 heteroatoms. The second-order valence-electron chi connectivity index (χ2n) is 9.74. The Kier molecular flexibility index (Phi) is 8.14. The minimum Gasteiger partial charge on any atom is -0.481 e. The molecular weight excluding hydrogens is 528 g/mol. The lowest BCUT2D eigenvalue weighted by atomic mass is 10.0. The molecule has 2 aromatic carbocycles. The predicted octanol–water partition coefficient (Wildman–Crippen LogP) is 4.37. The molecular formula is C30H31ClN6O3. The molecule has 0 spiro atoms. The summed E-state index contributed by atoms with van der Waals surface area (Å²) in [6, 6.07) is 17.0. The molecule has 206 valence electrons. The number of carbonyl (C=O) groups excluding carboxylic acids is 1. The van der Waals surface area contributed by atoms with Crippen LogP contribution in [-0.2, 0) is 6.54 Å². The van der Waals surface area contributed by atoms with Crippen LogP contribution in [0.4, 0.5) is 11.4 Å². The maximum Gasteiger partial charge on any atom is 0.287 e. The Hall–Kier alpha value is -4.21. The molecule has 0 bridgehead atoms. The first-order valence-corrected chi connectivity index (χ1v) is 13.4. The first-order valence-electron chi connectivity index (χ1n) is 13.1. The number of hydrogen-bond acceptors (Lipinski definition) is 7. The lowest BCUT2D eigenvalue weighted by Crippen LogP contribution is -2.32. The average molecular weight is 559 g/mol. The number of nitrogens with zero attached hydrogens (tertiary/aromatic N) is 4. The van der Waals surface area contributed by atoms with Crippen molar-refractivity contribution in [2.45, 2.75) is 25.9 Å². The van der Waals surface area contributed by atoms with Crippen LogP contribution in [-0.4, -0.2) is 54.0 Å². The summed E-state index contributed by atoms with van der Waals surface area (Å²) in [4.78, 5) is 32.4. The molecule has 2 aromatic heterocycles. The van der Waals surface area contributed by atoms with E-state index in [4.69, 9.17) is 16.3 Å². The third-order valence-corrected chi connectivity index (χ3v) is 7.70. The monoisotopic (exact) mass is 558 g/mol. The van der Waals surface area contributed by atoms with Crippen molar-refractivity contribution in [3.8, 4) is 17.0 Å². The van der Waals surface area contributed by atoms with Gasteiger partial charge in [0.15, 0.2) is 0 Å². The summed E-state index contributed by atoms with van der Waals surface area (Å²) in [5.74, 6) is 0.316. The Morgan fingerprint density at radius 3 is 2.55 bits per heavy atom. The van der Waals surface area contributed by atoms with Crippen LogP contribution in [0.25, 0.3) is 11.1 Å². The van der Waals surface area contributed by atoms with Gasteiger partial charge >= 0.3 is 0 Å². The standard InChI is InChI=1S/C30H31ClN6O3/c1-19-23(17-37-30(39)28(31)26(16-34-37)36-14-13-24(18-36)32-2)5-4-6-25(19)35-29(38)21-9-7-20(8-10-21)22-11-12-27(40-3)33-15-22/h4-12,15-16,24,32H,13-14,17-18H2,1-3H3,(H,35,38). The fraction of sp³-hybridized carbons (Fsp3) is 0.267. The highest BCUT2D eigenvalue weighted by molar-refractivity contribution is 6.33.